The van der Waals surface area contributed by atoms with E-state index in [2.05, 4.69) is 6.58 Å². The van der Waals surface area contributed by atoms with Gasteiger partial charge in [0, 0.05) is 0 Å². The maximum absolute atomic E-state index is 10.9. The van der Waals surface area contributed by atoms with Crippen LogP contribution in [0.5, 0.6) is 0 Å². The van der Waals surface area contributed by atoms with Crippen LogP contribution in [0.15, 0.2) is 12.7 Å². The first-order valence-electron chi connectivity index (χ1n) is 2.97. The topological polar surface area (TPSA) is 88.6 Å². The third kappa shape index (κ3) is 3.15. The first-order valence-corrected chi connectivity index (χ1v) is 6.67. The minimum atomic E-state index is -4.11. The molecule has 0 N–H and O–H groups in total. The number of rotatable bonds is 3. The summed E-state index contributed by atoms with van der Waals surface area (Å²) >= 11 is 0. The summed E-state index contributed by atoms with van der Waals surface area (Å²) in [5.74, 6) is -1.19. The lowest BCUT2D eigenvalue weighted by molar-refractivity contribution is -0.118. The Balaban J connectivity index is 5.53. The van der Waals surface area contributed by atoms with Gasteiger partial charge >= 0.3 is 0 Å². The van der Waals surface area contributed by atoms with Crippen molar-refractivity contribution in [3.05, 3.63) is 12.7 Å². The van der Waals surface area contributed by atoms with Crippen LogP contribution in [0.2, 0.25) is 0 Å². The fourth-order valence-electron chi connectivity index (χ4n) is 0.647. The molecule has 0 rings (SSSR count). The van der Waals surface area contributed by atoms with Crippen molar-refractivity contribution in [2.45, 2.75) is 0 Å². The van der Waals surface area contributed by atoms with E-state index in [0.717, 1.165) is 0 Å². The second kappa shape index (κ2) is 3.46. The average molecular weight is 227 g/mol. The van der Waals surface area contributed by atoms with Crippen LogP contribution in [0.4, 0.5) is 0 Å². The Labute approximate surface area is 77.0 Å². The second-order valence-electron chi connectivity index (χ2n) is 2.27. The quantitative estimate of drug-likeness (QED) is 0.572. The number of nitrogens with zero attached hydrogens (tertiary/aromatic N) is 1. The van der Waals surface area contributed by atoms with Gasteiger partial charge in [0.2, 0.25) is 20.0 Å². The van der Waals surface area contributed by atoms with Gasteiger partial charge in [0.1, 0.15) is 0 Å². The first kappa shape index (κ1) is 12.1. The fourth-order valence-corrected chi connectivity index (χ4v) is 3.42. The zero-order chi connectivity index (χ0) is 10.9. The molecular weight excluding hydrogens is 218 g/mol. The minimum Gasteiger partial charge on any atom is -0.268 e. The molecular formula is C5H9NO5S2. The second-order valence-corrected chi connectivity index (χ2v) is 6.16. The third-order valence-corrected chi connectivity index (χ3v) is 4.15. The Morgan fingerprint density at radius 2 is 1.46 bits per heavy atom. The lowest BCUT2D eigenvalue weighted by Crippen LogP contribution is -2.39. The minimum absolute atomic E-state index is 0.215. The zero-order valence-corrected chi connectivity index (χ0v) is 8.72. The van der Waals surface area contributed by atoms with E-state index >= 15 is 0 Å². The van der Waals surface area contributed by atoms with Crippen molar-refractivity contribution in [3.63, 3.8) is 0 Å². The average Bonchev–Trinajstić information content (AvgIpc) is 1.80. The van der Waals surface area contributed by atoms with Crippen LogP contribution in [0, 0.1) is 0 Å². The van der Waals surface area contributed by atoms with E-state index in [9.17, 15) is 21.6 Å². The summed E-state index contributed by atoms with van der Waals surface area (Å²) in [5.41, 5.74) is 0. The molecule has 0 unspecified atom stereocenters. The van der Waals surface area contributed by atoms with Crippen LogP contribution >= 0.6 is 0 Å². The zero-order valence-electron chi connectivity index (χ0n) is 7.09. The van der Waals surface area contributed by atoms with Gasteiger partial charge in [-0.1, -0.05) is 6.58 Å². The predicted molar refractivity (Wildman–Crippen MR) is 46.7 cm³/mol. The summed E-state index contributed by atoms with van der Waals surface area (Å²) in [5, 5.41) is 0. The van der Waals surface area contributed by atoms with E-state index in [0.29, 0.717) is 18.6 Å². The molecule has 0 aromatic rings. The SMILES string of the molecule is C=CC(=O)N(S(C)(=O)=O)S(C)(=O)=O. The molecule has 0 aromatic heterocycles. The highest BCUT2D eigenvalue weighted by Crippen LogP contribution is 2.05. The number of hydrogen-bond acceptors (Lipinski definition) is 5. The van der Waals surface area contributed by atoms with E-state index in [4.69, 9.17) is 0 Å². The van der Waals surface area contributed by atoms with Crippen LogP contribution in [0.1, 0.15) is 0 Å². The van der Waals surface area contributed by atoms with Crippen molar-refractivity contribution in [2.75, 3.05) is 12.5 Å². The molecule has 0 aliphatic carbocycles. The standard InChI is InChI=1S/C5H9NO5S2/c1-4-5(7)6(12(2,8)9)13(3,10)11/h4H,1H2,2-3H3. The van der Waals surface area contributed by atoms with Gasteiger partial charge in [-0.2, -0.15) is 0 Å². The summed E-state index contributed by atoms with van der Waals surface area (Å²) in [6.07, 6.45) is 1.85. The number of hydrogen-bond donors (Lipinski definition) is 0. The summed E-state index contributed by atoms with van der Waals surface area (Å²) in [7, 11) is -8.22. The van der Waals surface area contributed by atoms with Crippen LogP contribution in [0.3, 0.4) is 0 Å². The molecule has 0 aliphatic heterocycles. The molecule has 0 fully saturated rings. The number of sulfonamides is 2. The van der Waals surface area contributed by atoms with Crippen molar-refractivity contribution in [3.8, 4) is 0 Å². The highest BCUT2D eigenvalue weighted by atomic mass is 32.3. The van der Waals surface area contributed by atoms with Crippen LogP contribution in [-0.4, -0.2) is 39.0 Å². The normalized spacial score (nSPS) is 12.2. The van der Waals surface area contributed by atoms with Crippen LogP contribution in [0.25, 0.3) is 0 Å². The van der Waals surface area contributed by atoms with Crippen molar-refractivity contribution >= 4 is 26.0 Å². The molecule has 0 heterocycles. The van der Waals surface area contributed by atoms with E-state index in [1.165, 1.54) is 0 Å². The predicted octanol–water partition coefficient (Wildman–Crippen LogP) is -1.08. The number of amides is 1. The van der Waals surface area contributed by atoms with Crippen molar-refractivity contribution < 1.29 is 21.6 Å². The maximum atomic E-state index is 10.9. The Morgan fingerprint density at radius 1 is 1.15 bits per heavy atom. The van der Waals surface area contributed by atoms with Gasteiger partial charge in [0.15, 0.2) is 0 Å². The molecule has 0 radical (unpaired) electrons. The van der Waals surface area contributed by atoms with E-state index < -0.39 is 26.0 Å². The summed E-state index contributed by atoms with van der Waals surface area (Å²) < 4.78 is 43.2. The Morgan fingerprint density at radius 3 is 1.54 bits per heavy atom. The Hall–Kier alpha value is -0.890. The Bertz CT molecular complexity index is 386. The molecule has 0 atom stereocenters. The molecule has 0 saturated heterocycles. The van der Waals surface area contributed by atoms with E-state index in [-0.39, 0.29) is 3.71 Å². The molecule has 1 amide bonds. The summed E-state index contributed by atoms with van der Waals surface area (Å²) in [4.78, 5) is 10.9. The molecule has 6 nitrogen and oxygen atoms in total. The summed E-state index contributed by atoms with van der Waals surface area (Å²) in [6.45, 7) is 2.99. The monoisotopic (exact) mass is 227 g/mol. The lowest BCUT2D eigenvalue weighted by Gasteiger charge is -2.14. The largest absolute Gasteiger partial charge is 0.273 e. The first-order chi connectivity index (χ1) is 5.60. The summed E-state index contributed by atoms with van der Waals surface area (Å²) in [6, 6.07) is 0. The van der Waals surface area contributed by atoms with Gasteiger partial charge in [-0.25, -0.2) is 16.8 Å². The molecule has 8 heteroatoms. The molecule has 0 bridgehead atoms. The van der Waals surface area contributed by atoms with Crippen molar-refractivity contribution in [1.29, 1.82) is 0 Å². The Kier molecular flexibility index (Phi) is 3.23. The van der Waals surface area contributed by atoms with Gasteiger partial charge < -0.3 is 0 Å². The van der Waals surface area contributed by atoms with Crippen LogP contribution in [-0.2, 0) is 24.8 Å². The maximum Gasteiger partial charge on any atom is 0.273 e. The molecule has 13 heavy (non-hydrogen) atoms. The fraction of sp³-hybridized carbons (Fsp3) is 0.400. The van der Waals surface area contributed by atoms with Gasteiger partial charge in [0.25, 0.3) is 5.91 Å². The molecule has 0 spiro atoms. The highest BCUT2D eigenvalue weighted by Gasteiger charge is 2.30. The van der Waals surface area contributed by atoms with E-state index in [1.54, 1.807) is 0 Å². The molecule has 0 aromatic carbocycles. The van der Waals surface area contributed by atoms with Gasteiger partial charge in [0.05, 0.1) is 12.5 Å². The van der Waals surface area contributed by atoms with Gasteiger partial charge in [-0.15, -0.1) is 3.71 Å². The molecule has 76 valence electrons. The third-order valence-electron chi connectivity index (χ3n) is 0.957. The number of carbonyl (C=O) groups is 1. The lowest BCUT2D eigenvalue weighted by atomic mass is 10.6. The van der Waals surface area contributed by atoms with Crippen molar-refractivity contribution in [2.24, 2.45) is 0 Å². The highest BCUT2D eigenvalue weighted by molar-refractivity contribution is 8.04. The molecule has 0 aliphatic rings. The molecule has 0 saturated carbocycles. The van der Waals surface area contributed by atoms with Gasteiger partial charge in [-0.3, -0.25) is 4.79 Å². The van der Waals surface area contributed by atoms with Crippen molar-refractivity contribution in [1.82, 2.24) is 3.71 Å². The smallest absolute Gasteiger partial charge is 0.268 e. The van der Waals surface area contributed by atoms with Crippen LogP contribution < -0.4 is 0 Å². The van der Waals surface area contributed by atoms with E-state index in [1.807, 2.05) is 0 Å². The number of carbonyl (C=O) groups excluding carboxylic acids is 1. The van der Waals surface area contributed by atoms with Gasteiger partial charge in [-0.05, 0) is 6.08 Å².